The van der Waals surface area contributed by atoms with Crippen LogP contribution in [-0.4, -0.2) is 30.4 Å². The van der Waals surface area contributed by atoms with Crippen LogP contribution in [0.4, 0.5) is 0 Å². The molecular formula is C18H24N2O. The Kier molecular flexibility index (Phi) is 5.41. The van der Waals surface area contributed by atoms with Crippen LogP contribution in [0.3, 0.4) is 0 Å². The number of hydrogen-bond acceptors (Lipinski definition) is 2. The van der Waals surface area contributed by atoms with Crippen LogP contribution in [0, 0.1) is 17.8 Å². The Balaban J connectivity index is 2.02. The van der Waals surface area contributed by atoms with E-state index in [4.69, 9.17) is 5.73 Å². The van der Waals surface area contributed by atoms with Crippen molar-refractivity contribution in [1.82, 2.24) is 4.90 Å². The molecule has 2 rings (SSSR count). The van der Waals surface area contributed by atoms with Crippen molar-refractivity contribution in [2.24, 2.45) is 11.7 Å². The first-order valence-corrected chi connectivity index (χ1v) is 7.68. The van der Waals surface area contributed by atoms with Gasteiger partial charge in [0.05, 0.1) is 6.54 Å². The molecule has 0 aromatic heterocycles. The van der Waals surface area contributed by atoms with E-state index in [1.807, 2.05) is 36.2 Å². The molecule has 0 heterocycles. The van der Waals surface area contributed by atoms with Gasteiger partial charge >= 0.3 is 0 Å². The van der Waals surface area contributed by atoms with Crippen LogP contribution >= 0.6 is 0 Å². The van der Waals surface area contributed by atoms with Gasteiger partial charge in [0, 0.05) is 24.2 Å². The van der Waals surface area contributed by atoms with E-state index in [0.29, 0.717) is 12.6 Å². The smallest absolute Gasteiger partial charge is 0.253 e. The SMILES string of the molecule is CC1CCC(N(C)C(=O)c2ccc(C#CCN)cc2)CC1. The highest BCUT2D eigenvalue weighted by Gasteiger charge is 2.25. The molecule has 0 bridgehead atoms. The largest absolute Gasteiger partial charge is 0.339 e. The zero-order valence-electron chi connectivity index (χ0n) is 12.9. The van der Waals surface area contributed by atoms with Crippen molar-refractivity contribution in [2.45, 2.75) is 38.6 Å². The first kappa shape index (κ1) is 15.6. The minimum absolute atomic E-state index is 0.105. The monoisotopic (exact) mass is 284 g/mol. The summed E-state index contributed by atoms with van der Waals surface area (Å²) in [5.74, 6) is 6.68. The standard InChI is InChI=1S/C18H24N2O/c1-14-5-11-17(12-6-14)20(2)18(21)16-9-7-15(8-10-16)4-3-13-19/h7-10,14,17H,5-6,11-13,19H2,1-2H3. The average Bonchev–Trinajstić information content (AvgIpc) is 2.53. The van der Waals surface area contributed by atoms with Gasteiger partial charge in [-0.15, -0.1) is 0 Å². The van der Waals surface area contributed by atoms with Crippen LogP contribution < -0.4 is 5.73 Å². The summed E-state index contributed by atoms with van der Waals surface area (Å²) in [7, 11) is 1.92. The number of rotatable bonds is 2. The van der Waals surface area contributed by atoms with E-state index in [-0.39, 0.29) is 5.91 Å². The molecule has 112 valence electrons. The summed E-state index contributed by atoms with van der Waals surface area (Å²) in [6.07, 6.45) is 4.67. The minimum Gasteiger partial charge on any atom is -0.339 e. The predicted molar refractivity (Wildman–Crippen MR) is 85.9 cm³/mol. The number of nitrogens with zero attached hydrogens (tertiary/aromatic N) is 1. The molecule has 21 heavy (non-hydrogen) atoms. The zero-order valence-corrected chi connectivity index (χ0v) is 12.9. The Bertz CT molecular complexity index is 531. The van der Waals surface area contributed by atoms with E-state index in [0.717, 1.165) is 29.9 Å². The van der Waals surface area contributed by atoms with Crippen molar-refractivity contribution >= 4 is 5.91 Å². The van der Waals surface area contributed by atoms with Crippen LogP contribution in [0.25, 0.3) is 0 Å². The van der Waals surface area contributed by atoms with Crippen LogP contribution in [0.1, 0.15) is 48.5 Å². The fraction of sp³-hybridized carbons (Fsp3) is 0.500. The average molecular weight is 284 g/mol. The number of nitrogens with two attached hydrogens (primary N) is 1. The van der Waals surface area contributed by atoms with Gasteiger partial charge in [0.25, 0.3) is 5.91 Å². The molecule has 0 unspecified atom stereocenters. The maximum absolute atomic E-state index is 12.5. The molecular weight excluding hydrogens is 260 g/mol. The Morgan fingerprint density at radius 2 is 1.86 bits per heavy atom. The molecule has 1 aliphatic carbocycles. The second-order valence-electron chi connectivity index (χ2n) is 5.91. The van der Waals surface area contributed by atoms with Gasteiger partial charge in [-0.1, -0.05) is 18.8 Å². The van der Waals surface area contributed by atoms with E-state index in [1.54, 1.807) is 0 Å². The lowest BCUT2D eigenvalue weighted by Gasteiger charge is -2.33. The van der Waals surface area contributed by atoms with Crippen molar-refractivity contribution in [2.75, 3.05) is 13.6 Å². The third-order valence-corrected chi connectivity index (χ3v) is 4.32. The molecule has 1 aromatic carbocycles. The molecule has 1 aromatic rings. The predicted octanol–water partition coefficient (Wildman–Crippen LogP) is 2.65. The number of hydrogen-bond donors (Lipinski definition) is 1. The van der Waals surface area contributed by atoms with E-state index < -0.39 is 0 Å². The maximum atomic E-state index is 12.5. The fourth-order valence-corrected chi connectivity index (χ4v) is 2.85. The van der Waals surface area contributed by atoms with Gasteiger partial charge in [-0.2, -0.15) is 0 Å². The Morgan fingerprint density at radius 3 is 2.43 bits per heavy atom. The van der Waals surface area contributed by atoms with Crippen LogP contribution in [0.5, 0.6) is 0 Å². The van der Waals surface area contributed by atoms with Crippen LogP contribution in [-0.2, 0) is 0 Å². The summed E-state index contributed by atoms with van der Waals surface area (Å²) in [5.41, 5.74) is 6.98. The summed E-state index contributed by atoms with van der Waals surface area (Å²) in [4.78, 5) is 14.4. The molecule has 0 saturated heterocycles. The van der Waals surface area contributed by atoms with Crippen LogP contribution in [0.2, 0.25) is 0 Å². The summed E-state index contributed by atoms with van der Waals surface area (Å²) in [6, 6.07) is 7.85. The van der Waals surface area contributed by atoms with E-state index in [1.165, 1.54) is 12.8 Å². The van der Waals surface area contributed by atoms with Gasteiger partial charge in [0.15, 0.2) is 0 Å². The van der Waals surface area contributed by atoms with Crippen molar-refractivity contribution in [3.8, 4) is 11.8 Å². The van der Waals surface area contributed by atoms with Gasteiger partial charge in [-0.05, 0) is 55.9 Å². The topological polar surface area (TPSA) is 46.3 Å². The highest BCUT2D eigenvalue weighted by molar-refractivity contribution is 5.94. The van der Waals surface area contributed by atoms with Crippen molar-refractivity contribution in [1.29, 1.82) is 0 Å². The third kappa shape index (κ3) is 4.09. The summed E-state index contributed by atoms with van der Waals surface area (Å²) < 4.78 is 0. The van der Waals surface area contributed by atoms with Gasteiger partial charge in [-0.25, -0.2) is 0 Å². The molecule has 0 radical (unpaired) electrons. The molecule has 2 N–H and O–H groups in total. The van der Waals surface area contributed by atoms with E-state index >= 15 is 0 Å². The second-order valence-corrected chi connectivity index (χ2v) is 5.91. The van der Waals surface area contributed by atoms with Crippen molar-refractivity contribution < 1.29 is 4.79 Å². The Hall–Kier alpha value is -1.79. The molecule has 3 nitrogen and oxygen atoms in total. The molecule has 1 aliphatic rings. The van der Waals surface area contributed by atoms with Gasteiger partial charge in [0.2, 0.25) is 0 Å². The van der Waals surface area contributed by atoms with E-state index in [2.05, 4.69) is 18.8 Å². The lowest BCUT2D eigenvalue weighted by Crippen LogP contribution is -2.39. The van der Waals surface area contributed by atoms with Gasteiger partial charge in [-0.3, -0.25) is 4.79 Å². The Morgan fingerprint density at radius 1 is 1.24 bits per heavy atom. The lowest BCUT2D eigenvalue weighted by atomic mass is 9.86. The zero-order chi connectivity index (χ0) is 15.2. The molecule has 1 fully saturated rings. The quantitative estimate of drug-likeness (QED) is 0.849. The molecule has 0 spiro atoms. The molecule has 0 atom stereocenters. The molecule has 3 heteroatoms. The first-order valence-electron chi connectivity index (χ1n) is 7.68. The fourth-order valence-electron chi connectivity index (χ4n) is 2.85. The summed E-state index contributed by atoms with van der Waals surface area (Å²) in [6.45, 7) is 2.64. The highest BCUT2D eigenvalue weighted by Crippen LogP contribution is 2.27. The number of benzene rings is 1. The number of carbonyl (C=O) groups is 1. The second kappa shape index (κ2) is 7.28. The molecule has 1 amide bonds. The lowest BCUT2D eigenvalue weighted by molar-refractivity contribution is 0.0679. The van der Waals surface area contributed by atoms with Crippen LogP contribution in [0.15, 0.2) is 24.3 Å². The highest BCUT2D eigenvalue weighted by atomic mass is 16.2. The maximum Gasteiger partial charge on any atom is 0.253 e. The van der Waals surface area contributed by atoms with E-state index in [9.17, 15) is 4.79 Å². The summed E-state index contributed by atoms with van der Waals surface area (Å²) >= 11 is 0. The van der Waals surface area contributed by atoms with Gasteiger partial charge in [0.1, 0.15) is 0 Å². The first-order chi connectivity index (χ1) is 10.1. The number of carbonyl (C=O) groups excluding carboxylic acids is 1. The summed E-state index contributed by atoms with van der Waals surface area (Å²) in [5, 5.41) is 0. The minimum atomic E-state index is 0.105. The number of amides is 1. The Labute approximate surface area is 127 Å². The molecule has 1 saturated carbocycles. The van der Waals surface area contributed by atoms with Gasteiger partial charge < -0.3 is 10.6 Å². The van der Waals surface area contributed by atoms with Crippen molar-refractivity contribution in [3.05, 3.63) is 35.4 Å². The molecule has 0 aliphatic heterocycles. The third-order valence-electron chi connectivity index (χ3n) is 4.32. The normalized spacial score (nSPS) is 21.3. The van der Waals surface area contributed by atoms with Crippen molar-refractivity contribution in [3.63, 3.8) is 0 Å².